The number of aryl methyl sites for hydroxylation is 1. The fourth-order valence-electron chi connectivity index (χ4n) is 2.23. The standard InChI is InChI=1S/C16H21NO.ClH/c1-2-3-7-15-14-8-5-4-6-13(14)9-10-16(15)18-12-11-17;/h4-6,8-10H,2-3,7,11-12,17H2,1H3;1H/p-1. The summed E-state index contributed by atoms with van der Waals surface area (Å²) < 4.78 is 5.77. The highest BCUT2D eigenvalue weighted by Gasteiger charge is 2.08. The number of benzene rings is 2. The van der Waals surface area contributed by atoms with Gasteiger partial charge < -0.3 is 22.9 Å². The molecule has 2 nitrogen and oxygen atoms in total. The molecule has 0 aliphatic rings. The molecule has 0 bridgehead atoms. The van der Waals surface area contributed by atoms with Gasteiger partial charge in [0.05, 0.1) is 0 Å². The molecule has 0 saturated heterocycles. The van der Waals surface area contributed by atoms with Crippen LogP contribution < -0.4 is 22.9 Å². The zero-order chi connectivity index (χ0) is 12.8. The van der Waals surface area contributed by atoms with E-state index in [9.17, 15) is 0 Å². The van der Waals surface area contributed by atoms with Gasteiger partial charge in [0.15, 0.2) is 0 Å². The highest BCUT2D eigenvalue weighted by atomic mass is 35.5. The summed E-state index contributed by atoms with van der Waals surface area (Å²) in [4.78, 5) is 0. The van der Waals surface area contributed by atoms with Crippen LogP contribution in [0.2, 0.25) is 0 Å². The SMILES string of the molecule is CCCCc1c(OCCN)ccc2ccccc12.[Cl-]. The number of unbranched alkanes of at least 4 members (excludes halogenated alkanes) is 1. The molecule has 2 rings (SSSR count). The molecule has 0 heterocycles. The van der Waals surface area contributed by atoms with E-state index in [1.54, 1.807) is 0 Å². The Bertz CT molecular complexity index is 513. The number of halogens is 1. The molecule has 104 valence electrons. The number of hydrogen-bond acceptors (Lipinski definition) is 2. The summed E-state index contributed by atoms with van der Waals surface area (Å²) in [6, 6.07) is 12.7. The average molecular weight is 279 g/mol. The average Bonchev–Trinajstić information content (AvgIpc) is 2.43. The fourth-order valence-corrected chi connectivity index (χ4v) is 2.23. The minimum Gasteiger partial charge on any atom is -1.00 e. The Morgan fingerprint density at radius 2 is 1.89 bits per heavy atom. The molecule has 2 N–H and O–H groups in total. The number of fused-ring (bicyclic) bond motifs is 1. The molecule has 2 aromatic carbocycles. The molecule has 0 spiro atoms. The van der Waals surface area contributed by atoms with Gasteiger partial charge in [0.25, 0.3) is 0 Å². The predicted molar refractivity (Wildman–Crippen MR) is 77.1 cm³/mol. The van der Waals surface area contributed by atoms with Crippen LogP contribution in [0.3, 0.4) is 0 Å². The second-order valence-corrected chi connectivity index (χ2v) is 4.50. The van der Waals surface area contributed by atoms with Gasteiger partial charge in [0, 0.05) is 12.1 Å². The van der Waals surface area contributed by atoms with E-state index in [-0.39, 0.29) is 12.4 Å². The van der Waals surface area contributed by atoms with Crippen molar-refractivity contribution in [3.05, 3.63) is 42.0 Å². The fraction of sp³-hybridized carbons (Fsp3) is 0.375. The maximum atomic E-state index is 5.77. The Kier molecular flexibility index (Phi) is 6.68. The first kappa shape index (κ1) is 15.8. The van der Waals surface area contributed by atoms with Crippen molar-refractivity contribution in [2.45, 2.75) is 26.2 Å². The van der Waals surface area contributed by atoms with Crippen LogP contribution in [-0.2, 0) is 6.42 Å². The van der Waals surface area contributed by atoms with Gasteiger partial charge in [-0.3, -0.25) is 0 Å². The highest BCUT2D eigenvalue weighted by molar-refractivity contribution is 5.87. The quantitative estimate of drug-likeness (QED) is 0.836. The maximum absolute atomic E-state index is 5.77. The second kappa shape index (κ2) is 8.03. The smallest absolute Gasteiger partial charge is 0.123 e. The van der Waals surface area contributed by atoms with Crippen molar-refractivity contribution in [2.75, 3.05) is 13.2 Å². The zero-order valence-electron chi connectivity index (χ0n) is 11.4. The first-order valence-electron chi connectivity index (χ1n) is 6.70. The molecule has 2 aromatic rings. The van der Waals surface area contributed by atoms with Gasteiger partial charge in [-0.15, -0.1) is 0 Å². The van der Waals surface area contributed by atoms with Crippen molar-refractivity contribution < 1.29 is 17.1 Å². The zero-order valence-corrected chi connectivity index (χ0v) is 12.1. The van der Waals surface area contributed by atoms with E-state index in [4.69, 9.17) is 10.5 Å². The second-order valence-electron chi connectivity index (χ2n) is 4.50. The van der Waals surface area contributed by atoms with Crippen LogP contribution in [0.5, 0.6) is 5.75 Å². The van der Waals surface area contributed by atoms with Gasteiger partial charge in [0.1, 0.15) is 12.4 Å². The highest BCUT2D eigenvalue weighted by Crippen LogP contribution is 2.29. The van der Waals surface area contributed by atoms with Crippen LogP contribution in [0.1, 0.15) is 25.3 Å². The van der Waals surface area contributed by atoms with Gasteiger partial charge in [-0.05, 0) is 29.7 Å². The Hall–Kier alpha value is -1.25. The third-order valence-electron chi connectivity index (χ3n) is 3.15. The molecule has 0 amide bonds. The molecule has 0 fully saturated rings. The van der Waals surface area contributed by atoms with Crippen LogP contribution in [0.4, 0.5) is 0 Å². The molecule has 0 aliphatic heterocycles. The summed E-state index contributed by atoms with van der Waals surface area (Å²) in [7, 11) is 0. The lowest BCUT2D eigenvalue weighted by Crippen LogP contribution is -3.00. The molecule has 0 saturated carbocycles. The van der Waals surface area contributed by atoms with E-state index >= 15 is 0 Å². The van der Waals surface area contributed by atoms with E-state index in [2.05, 4.69) is 43.3 Å². The Morgan fingerprint density at radius 1 is 1.11 bits per heavy atom. The number of rotatable bonds is 6. The lowest BCUT2D eigenvalue weighted by atomic mass is 9.99. The van der Waals surface area contributed by atoms with Gasteiger partial charge in [0.2, 0.25) is 0 Å². The van der Waals surface area contributed by atoms with Crippen molar-refractivity contribution in [1.82, 2.24) is 0 Å². The lowest BCUT2D eigenvalue weighted by molar-refractivity contribution is -0.00000415. The third kappa shape index (κ3) is 3.85. The van der Waals surface area contributed by atoms with Crippen molar-refractivity contribution in [2.24, 2.45) is 5.73 Å². The Labute approximate surface area is 121 Å². The minimum absolute atomic E-state index is 0. The van der Waals surface area contributed by atoms with E-state index in [1.807, 2.05) is 0 Å². The number of ether oxygens (including phenoxy) is 1. The maximum Gasteiger partial charge on any atom is 0.123 e. The lowest BCUT2D eigenvalue weighted by Gasteiger charge is -2.13. The topological polar surface area (TPSA) is 35.2 Å². The predicted octanol–water partition coefficient (Wildman–Crippen LogP) is 0.524. The summed E-state index contributed by atoms with van der Waals surface area (Å²) in [5.74, 6) is 0.993. The summed E-state index contributed by atoms with van der Waals surface area (Å²) in [5, 5.41) is 2.59. The van der Waals surface area contributed by atoms with Crippen LogP contribution in [-0.4, -0.2) is 13.2 Å². The molecular formula is C16H21ClNO-. The third-order valence-corrected chi connectivity index (χ3v) is 3.15. The van der Waals surface area contributed by atoms with Crippen molar-refractivity contribution in [3.63, 3.8) is 0 Å². The van der Waals surface area contributed by atoms with E-state index in [0.717, 1.165) is 12.2 Å². The molecule has 19 heavy (non-hydrogen) atoms. The number of nitrogens with two attached hydrogens (primary N) is 1. The van der Waals surface area contributed by atoms with Crippen molar-refractivity contribution in [3.8, 4) is 5.75 Å². The Balaban J connectivity index is 0.00000180. The normalized spacial score (nSPS) is 10.2. The molecule has 0 aliphatic carbocycles. The van der Waals surface area contributed by atoms with Gasteiger partial charge in [-0.25, -0.2) is 0 Å². The first-order chi connectivity index (χ1) is 8.86. The monoisotopic (exact) mass is 278 g/mol. The molecule has 0 radical (unpaired) electrons. The van der Waals surface area contributed by atoms with E-state index in [0.29, 0.717) is 13.2 Å². The van der Waals surface area contributed by atoms with Gasteiger partial charge >= 0.3 is 0 Å². The summed E-state index contributed by atoms with van der Waals surface area (Å²) in [6.45, 7) is 3.35. The first-order valence-corrected chi connectivity index (χ1v) is 6.70. The largest absolute Gasteiger partial charge is 1.00 e. The number of hydrogen-bond donors (Lipinski definition) is 1. The van der Waals surface area contributed by atoms with Crippen LogP contribution in [0.15, 0.2) is 36.4 Å². The van der Waals surface area contributed by atoms with Crippen molar-refractivity contribution >= 4 is 10.8 Å². The molecule has 3 heteroatoms. The van der Waals surface area contributed by atoms with Gasteiger partial charge in [-0.2, -0.15) is 0 Å². The van der Waals surface area contributed by atoms with Crippen molar-refractivity contribution in [1.29, 1.82) is 0 Å². The van der Waals surface area contributed by atoms with Crippen LogP contribution >= 0.6 is 0 Å². The van der Waals surface area contributed by atoms with Gasteiger partial charge in [-0.1, -0.05) is 43.7 Å². The summed E-state index contributed by atoms with van der Waals surface area (Å²) in [5.41, 5.74) is 6.84. The summed E-state index contributed by atoms with van der Waals surface area (Å²) >= 11 is 0. The van der Waals surface area contributed by atoms with E-state index in [1.165, 1.54) is 29.2 Å². The molecular weight excluding hydrogens is 258 g/mol. The molecule has 0 atom stereocenters. The minimum atomic E-state index is 0. The van der Waals surface area contributed by atoms with E-state index < -0.39 is 0 Å². The molecule has 0 aromatic heterocycles. The Morgan fingerprint density at radius 3 is 2.63 bits per heavy atom. The van der Waals surface area contributed by atoms with Crippen LogP contribution in [0.25, 0.3) is 10.8 Å². The molecule has 0 unspecified atom stereocenters. The van der Waals surface area contributed by atoms with Crippen LogP contribution in [0, 0.1) is 0 Å². The summed E-state index contributed by atoms with van der Waals surface area (Å²) in [6.07, 6.45) is 3.45.